The Hall–Kier alpha value is -10.1. The highest BCUT2D eigenvalue weighted by Gasteiger charge is 2.22. The second kappa shape index (κ2) is 17.2. The Morgan fingerprint density at radius 2 is 0.519 bits per heavy atom. The highest BCUT2D eigenvalue weighted by molar-refractivity contribution is 6.27. The number of para-hydroxylation sites is 2. The zero-order chi connectivity index (χ0) is 50.6. The minimum absolute atomic E-state index is 0.905. The normalized spacial score (nSPS) is 11.9. The standard InChI is InChI=1S/C76H46O/c1-2-21-54-47(17-1)18-14-32-57(54)73-60-25-5-3-23-58(60)72(59-24-4-6-26-61(59)73)51-41-37-50(38-42-51)55-31-13-19-48-39-43-52(45-69(48)55)53-44-40-49-20-15-33-66(70(49)46-53)74-62-27-7-9-29-64(62)75(65-30-10-8-28-63(65)74)68-35-16-34-67-56-22-11-12-36-71(56)77-76(67)68/h1-46H. The van der Waals surface area contributed by atoms with Gasteiger partial charge in [-0.25, -0.2) is 0 Å². The number of hydrogen-bond acceptors (Lipinski definition) is 1. The third-order valence-corrected chi connectivity index (χ3v) is 16.4. The predicted molar refractivity (Wildman–Crippen MR) is 329 cm³/mol. The molecular formula is C76H46O. The third-order valence-electron chi connectivity index (χ3n) is 16.4. The van der Waals surface area contributed by atoms with Crippen molar-refractivity contribution in [1.82, 2.24) is 0 Å². The molecular weight excluding hydrogens is 929 g/mol. The van der Waals surface area contributed by atoms with Gasteiger partial charge in [-0.15, -0.1) is 0 Å². The van der Waals surface area contributed by atoms with E-state index in [1.807, 2.05) is 6.07 Å². The predicted octanol–water partition coefficient (Wildman–Crippen LogP) is 21.7. The first-order valence-corrected chi connectivity index (χ1v) is 26.6. The molecule has 0 spiro atoms. The van der Waals surface area contributed by atoms with E-state index in [-0.39, 0.29) is 0 Å². The van der Waals surface area contributed by atoms with E-state index in [1.165, 1.54) is 137 Å². The molecule has 356 valence electrons. The molecule has 0 N–H and O–H groups in total. The van der Waals surface area contributed by atoms with Crippen LogP contribution < -0.4 is 0 Å². The number of furan rings is 1. The van der Waals surface area contributed by atoms with E-state index in [0.29, 0.717) is 0 Å². The van der Waals surface area contributed by atoms with Crippen LogP contribution in [0.3, 0.4) is 0 Å². The summed E-state index contributed by atoms with van der Waals surface area (Å²) < 4.78 is 6.69. The van der Waals surface area contributed by atoms with Crippen molar-refractivity contribution < 1.29 is 4.42 Å². The van der Waals surface area contributed by atoms with Crippen LogP contribution in [-0.2, 0) is 0 Å². The second-order valence-electron chi connectivity index (χ2n) is 20.5. The van der Waals surface area contributed by atoms with Crippen molar-refractivity contribution in [2.24, 2.45) is 0 Å². The van der Waals surface area contributed by atoms with Crippen LogP contribution in [0.5, 0.6) is 0 Å². The van der Waals surface area contributed by atoms with Crippen molar-refractivity contribution >= 4 is 97.3 Å². The fourth-order valence-electron chi connectivity index (χ4n) is 13.0. The number of fused-ring (bicyclic) bond motifs is 10. The molecule has 0 unspecified atom stereocenters. The summed E-state index contributed by atoms with van der Waals surface area (Å²) in [5, 5.41) is 19.5. The number of benzene rings is 15. The van der Waals surface area contributed by atoms with Gasteiger partial charge < -0.3 is 4.42 Å². The molecule has 0 atom stereocenters. The lowest BCUT2D eigenvalue weighted by molar-refractivity contribution is 0.670. The van der Waals surface area contributed by atoms with Gasteiger partial charge in [0.2, 0.25) is 0 Å². The largest absolute Gasteiger partial charge is 0.455 e. The van der Waals surface area contributed by atoms with E-state index in [4.69, 9.17) is 4.42 Å². The van der Waals surface area contributed by atoms with E-state index < -0.39 is 0 Å². The van der Waals surface area contributed by atoms with Crippen molar-refractivity contribution in [3.05, 3.63) is 279 Å². The van der Waals surface area contributed by atoms with Gasteiger partial charge in [-0.2, -0.15) is 0 Å². The zero-order valence-corrected chi connectivity index (χ0v) is 42.0. The van der Waals surface area contributed by atoms with Crippen molar-refractivity contribution in [2.45, 2.75) is 0 Å². The molecule has 0 fully saturated rings. The Labute approximate surface area is 445 Å². The van der Waals surface area contributed by atoms with Crippen molar-refractivity contribution in [2.75, 3.05) is 0 Å². The Morgan fingerprint density at radius 1 is 0.182 bits per heavy atom. The smallest absolute Gasteiger partial charge is 0.143 e. The molecule has 0 bridgehead atoms. The molecule has 1 heterocycles. The summed E-state index contributed by atoms with van der Waals surface area (Å²) in [6.45, 7) is 0. The van der Waals surface area contributed by atoms with Crippen LogP contribution in [0.2, 0.25) is 0 Å². The molecule has 0 aliphatic carbocycles. The SMILES string of the molecule is c1cc(-c2ccc(-c3c4ccccc4c(-c4cccc5ccccc45)c4ccccc34)cc2)c2cc(-c3ccc4cccc(-c5c6ccccc6c(-c6cccc7c6oc6ccccc67)c6ccccc56)c4c3)ccc2c1. The van der Waals surface area contributed by atoms with Gasteiger partial charge in [-0.05, 0) is 149 Å². The molecule has 77 heavy (non-hydrogen) atoms. The fourth-order valence-corrected chi connectivity index (χ4v) is 13.0. The summed E-state index contributed by atoms with van der Waals surface area (Å²) in [7, 11) is 0. The third kappa shape index (κ3) is 6.74. The van der Waals surface area contributed by atoms with E-state index >= 15 is 0 Å². The second-order valence-corrected chi connectivity index (χ2v) is 20.5. The quantitative estimate of drug-likeness (QED) is 0.151. The fraction of sp³-hybridized carbons (Fsp3) is 0. The molecule has 0 aliphatic heterocycles. The van der Waals surface area contributed by atoms with Gasteiger partial charge in [-0.1, -0.05) is 261 Å². The van der Waals surface area contributed by atoms with Gasteiger partial charge in [0.15, 0.2) is 0 Å². The van der Waals surface area contributed by atoms with E-state index in [0.717, 1.165) is 27.5 Å². The highest BCUT2D eigenvalue weighted by atomic mass is 16.3. The van der Waals surface area contributed by atoms with Gasteiger partial charge in [0.25, 0.3) is 0 Å². The Balaban J connectivity index is 0.817. The minimum Gasteiger partial charge on any atom is -0.455 e. The molecule has 1 aromatic heterocycles. The zero-order valence-electron chi connectivity index (χ0n) is 42.0. The van der Waals surface area contributed by atoms with Crippen LogP contribution in [-0.4, -0.2) is 0 Å². The molecule has 0 radical (unpaired) electrons. The van der Waals surface area contributed by atoms with Gasteiger partial charge in [0.1, 0.15) is 11.2 Å². The van der Waals surface area contributed by atoms with Crippen molar-refractivity contribution in [3.63, 3.8) is 0 Å². The summed E-state index contributed by atoms with van der Waals surface area (Å²) in [6, 6.07) is 103. The van der Waals surface area contributed by atoms with E-state index in [9.17, 15) is 0 Å². The maximum Gasteiger partial charge on any atom is 0.143 e. The lowest BCUT2D eigenvalue weighted by atomic mass is 9.84. The molecule has 1 nitrogen and oxygen atoms in total. The van der Waals surface area contributed by atoms with Crippen molar-refractivity contribution in [1.29, 1.82) is 0 Å². The molecule has 15 aromatic carbocycles. The van der Waals surface area contributed by atoms with Crippen molar-refractivity contribution in [3.8, 4) is 66.8 Å². The number of hydrogen-bond donors (Lipinski definition) is 0. The van der Waals surface area contributed by atoms with Gasteiger partial charge in [-0.3, -0.25) is 0 Å². The molecule has 0 saturated carbocycles. The minimum atomic E-state index is 0.905. The average molecular weight is 975 g/mol. The van der Waals surface area contributed by atoms with Crippen LogP contribution in [0.15, 0.2) is 283 Å². The van der Waals surface area contributed by atoms with Crippen LogP contribution >= 0.6 is 0 Å². The van der Waals surface area contributed by atoms with Crippen LogP contribution in [0.25, 0.3) is 164 Å². The first-order valence-electron chi connectivity index (χ1n) is 26.6. The summed E-state index contributed by atoms with van der Waals surface area (Å²) in [4.78, 5) is 0. The summed E-state index contributed by atoms with van der Waals surface area (Å²) in [5.74, 6) is 0. The molecule has 16 rings (SSSR count). The average Bonchev–Trinajstić information content (AvgIpc) is 3.90. The van der Waals surface area contributed by atoms with Crippen LogP contribution in [0.4, 0.5) is 0 Å². The highest BCUT2D eigenvalue weighted by Crippen LogP contribution is 2.49. The first kappa shape index (κ1) is 43.3. The maximum atomic E-state index is 6.69. The maximum absolute atomic E-state index is 6.69. The summed E-state index contributed by atoms with van der Waals surface area (Å²) >= 11 is 0. The van der Waals surface area contributed by atoms with E-state index in [2.05, 4.69) is 273 Å². The molecule has 0 aliphatic rings. The topological polar surface area (TPSA) is 13.1 Å². The Morgan fingerprint density at radius 3 is 1.06 bits per heavy atom. The summed E-state index contributed by atoms with van der Waals surface area (Å²) in [6.07, 6.45) is 0. The van der Waals surface area contributed by atoms with Crippen LogP contribution in [0, 0.1) is 0 Å². The van der Waals surface area contributed by atoms with Gasteiger partial charge in [0.05, 0.1) is 0 Å². The van der Waals surface area contributed by atoms with Gasteiger partial charge in [0, 0.05) is 21.9 Å². The lowest BCUT2D eigenvalue weighted by Gasteiger charge is -2.19. The Bertz CT molecular complexity index is 4970. The lowest BCUT2D eigenvalue weighted by Crippen LogP contribution is -1.92. The van der Waals surface area contributed by atoms with Crippen LogP contribution in [0.1, 0.15) is 0 Å². The molecule has 16 aromatic rings. The van der Waals surface area contributed by atoms with Gasteiger partial charge >= 0.3 is 0 Å². The Kier molecular flexibility index (Phi) is 9.71. The molecule has 0 amide bonds. The number of rotatable bonds is 6. The molecule has 1 heteroatoms. The summed E-state index contributed by atoms with van der Waals surface area (Å²) in [5.41, 5.74) is 16.4. The van der Waals surface area contributed by atoms with E-state index in [1.54, 1.807) is 0 Å². The first-order chi connectivity index (χ1) is 38.2. The molecule has 0 saturated heterocycles. The monoisotopic (exact) mass is 974 g/mol.